The number of nitrogens with zero attached hydrogens (tertiary/aromatic N) is 2. The van der Waals surface area contributed by atoms with Gasteiger partial charge in [0.1, 0.15) is 11.3 Å². The van der Waals surface area contributed by atoms with Gasteiger partial charge in [-0.15, -0.1) is 0 Å². The average molecular weight is 361 g/mol. The summed E-state index contributed by atoms with van der Waals surface area (Å²) in [5.41, 5.74) is 1.74. The number of rotatable bonds is 4. The van der Waals surface area contributed by atoms with Crippen molar-refractivity contribution in [1.82, 2.24) is 9.78 Å². The maximum Gasteiger partial charge on any atom is 0.338 e. The number of ether oxygens (including phenoxy) is 1. The number of carboxylic acids is 1. The minimum Gasteiger partial charge on any atom is -0.497 e. The predicted octanol–water partition coefficient (Wildman–Crippen LogP) is 3.55. The Kier molecular flexibility index (Phi) is 3.85. The summed E-state index contributed by atoms with van der Waals surface area (Å²) in [5, 5.41) is 14.5. The molecule has 0 bridgehead atoms. The highest BCUT2D eigenvalue weighted by atomic mass is 79.9. The summed E-state index contributed by atoms with van der Waals surface area (Å²) < 4.78 is 7.59. The van der Waals surface area contributed by atoms with Crippen LogP contribution >= 0.6 is 15.9 Å². The van der Waals surface area contributed by atoms with E-state index >= 15 is 0 Å². The second kappa shape index (κ2) is 5.81. The van der Waals surface area contributed by atoms with E-state index in [1.165, 1.54) is 0 Å². The van der Waals surface area contributed by atoms with Crippen LogP contribution in [0.4, 0.5) is 0 Å². The van der Waals surface area contributed by atoms with Gasteiger partial charge in [0.05, 0.1) is 19.2 Å². The maximum absolute atomic E-state index is 11.3. The molecule has 5 nitrogen and oxygen atoms in total. The molecule has 0 aliphatic heterocycles. The fourth-order valence-corrected chi connectivity index (χ4v) is 2.79. The fraction of sp³-hybridized carbons (Fsp3) is 0.125. The third-order valence-corrected chi connectivity index (χ3v) is 3.81. The molecule has 0 aliphatic rings. The fourth-order valence-electron chi connectivity index (χ4n) is 2.31. The lowest BCUT2D eigenvalue weighted by atomic mass is 10.1. The molecule has 22 heavy (non-hydrogen) atoms. The lowest BCUT2D eigenvalue weighted by Gasteiger charge is -2.03. The number of aromatic nitrogens is 2. The summed E-state index contributed by atoms with van der Waals surface area (Å²) in [6, 6.07) is 11.1. The molecule has 1 heterocycles. The number of benzene rings is 2. The Hall–Kier alpha value is -2.34. The van der Waals surface area contributed by atoms with E-state index in [0.717, 1.165) is 21.2 Å². The van der Waals surface area contributed by atoms with Crippen molar-refractivity contribution < 1.29 is 14.6 Å². The number of aromatic carboxylic acids is 1. The summed E-state index contributed by atoms with van der Waals surface area (Å²) in [5.74, 6) is -0.188. The smallest absolute Gasteiger partial charge is 0.338 e. The molecule has 1 aromatic heterocycles. The monoisotopic (exact) mass is 360 g/mol. The Bertz CT molecular complexity index is 840. The van der Waals surface area contributed by atoms with Crippen molar-refractivity contribution in [2.45, 2.75) is 6.54 Å². The number of carbonyl (C=O) groups is 1. The third kappa shape index (κ3) is 2.82. The topological polar surface area (TPSA) is 64.3 Å². The summed E-state index contributed by atoms with van der Waals surface area (Å²) in [4.78, 5) is 11.3. The van der Waals surface area contributed by atoms with E-state index in [-0.39, 0.29) is 5.56 Å². The van der Waals surface area contributed by atoms with Gasteiger partial charge in [0.15, 0.2) is 0 Å². The van der Waals surface area contributed by atoms with Crippen LogP contribution < -0.4 is 4.74 Å². The Morgan fingerprint density at radius 1 is 1.32 bits per heavy atom. The van der Waals surface area contributed by atoms with Gasteiger partial charge in [0.25, 0.3) is 0 Å². The number of hydrogen-bond acceptors (Lipinski definition) is 3. The molecule has 0 aliphatic carbocycles. The standard InChI is InChI=1S/C16H13BrN2O3/c1-22-13-4-2-10(3-5-13)8-19-9-11-6-12(17)7-14(16(20)21)15(11)18-19/h2-7,9H,8H2,1H3,(H,20,21). The summed E-state index contributed by atoms with van der Waals surface area (Å²) in [6.45, 7) is 0.565. The van der Waals surface area contributed by atoms with Crippen molar-refractivity contribution in [1.29, 1.82) is 0 Å². The lowest BCUT2D eigenvalue weighted by Crippen LogP contribution is -2.01. The van der Waals surface area contributed by atoms with E-state index in [4.69, 9.17) is 4.74 Å². The normalized spacial score (nSPS) is 10.8. The lowest BCUT2D eigenvalue weighted by molar-refractivity contribution is 0.0698. The van der Waals surface area contributed by atoms with Crippen LogP contribution in [0.5, 0.6) is 5.75 Å². The molecule has 0 unspecified atom stereocenters. The summed E-state index contributed by atoms with van der Waals surface area (Å²) >= 11 is 3.33. The van der Waals surface area contributed by atoms with Crippen molar-refractivity contribution in [2.75, 3.05) is 7.11 Å². The zero-order chi connectivity index (χ0) is 15.7. The first-order valence-electron chi connectivity index (χ1n) is 6.60. The van der Waals surface area contributed by atoms with Gasteiger partial charge in [-0.05, 0) is 29.8 Å². The molecular weight excluding hydrogens is 348 g/mol. The van der Waals surface area contributed by atoms with Gasteiger partial charge < -0.3 is 9.84 Å². The van der Waals surface area contributed by atoms with Crippen molar-refractivity contribution in [3.05, 3.63) is 58.2 Å². The molecule has 0 saturated carbocycles. The Morgan fingerprint density at radius 2 is 2.05 bits per heavy atom. The van der Waals surface area contributed by atoms with Gasteiger partial charge in [0, 0.05) is 16.1 Å². The SMILES string of the molecule is COc1ccc(Cn2cc3cc(Br)cc(C(=O)O)c3n2)cc1. The van der Waals surface area contributed by atoms with E-state index in [1.807, 2.05) is 36.5 Å². The van der Waals surface area contributed by atoms with Gasteiger partial charge in [-0.3, -0.25) is 4.68 Å². The summed E-state index contributed by atoms with van der Waals surface area (Å²) in [6.07, 6.45) is 1.84. The molecule has 0 amide bonds. The molecule has 3 rings (SSSR count). The highest BCUT2D eigenvalue weighted by molar-refractivity contribution is 9.10. The zero-order valence-electron chi connectivity index (χ0n) is 11.8. The Balaban J connectivity index is 1.97. The van der Waals surface area contributed by atoms with Crippen LogP contribution in [-0.4, -0.2) is 28.0 Å². The van der Waals surface area contributed by atoms with Crippen LogP contribution in [0.25, 0.3) is 10.9 Å². The predicted molar refractivity (Wildman–Crippen MR) is 86.5 cm³/mol. The highest BCUT2D eigenvalue weighted by Gasteiger charge is 2.13. The third-order valence-electron chi connectivity index (χ3n) is 3.35. The molecule has 6 heteroatoms. The van der Waals surface area contributed by atoms with Gasteiger partial charge in [-0.1, -0.05) is 28.1 Å². The number of carboxylic acid groups (broad SMARTS) is 1. The minimum atomic E-state index is -0.985. The van der Waals surface area contributed by atoms with E-state index in [1.54, 1.807) is 17.9 Å². The van der Waals surface area contributed by atoms with Gasteiger partial charge in [-0.2, -0.15) is 5.10 Å². The van der Waals surface area contributed by atoms with Gasteiger partial charge in [-0.25, -0.2) is 4.79 Å². The largest absolute Gasteiger partial charge is 0.497 e. The average Bonchev–Trinajstić information content (AvgIpc) is 2.89. The highest BCUT2D eigenvalue weighted by Crippen LogP contribution is 2.24. The van der Waals surface area contributed by atoms with Gasteiger partial charge in [0.2, 0.25) is 0 Å². The quantitative estimate of drug-likeness (QED) is 0.772. The van der Waals surface area contributed by atoms with Crippen LogP contribution in [0.2, 0.25) is 0 Å². The second-order valence-electron chi connectivity index (χ2n) is 4.87. The number of methoxy groups -OCH3 is 1. The first-order valence-corrected chi connectivity index (χ1v) is 7.39. The Labute approximate surface area is 135 Å². The van der Waals surface area contributed by atoms with Crippen LogP contribution in [0.3, 0.4) is 0 Å². The number of halogens is 1. The van der Waals surface area contributed by atoms with Crippen molar-refractivity contribution in [2.24, 2.45) is 0 Å². The summed E-state index contributed by atoms with van der Waals surface area (Å²) in [7, 11) is 1.63. The van der Waals surface area contributed by atoms with Crippen molar-refractivity contribution in [3.63, 3.8) is 0 Å². The molecular formula is C16H13BrN2O3. The van der Waals surface area contributed by atoms with Crippen molar-refractivity contribution >= 4 is 32.8 Å². The first kappa shape index (κ1) is 14.6. The van der Waals surface area contributed by atoms with E-state index in [2.05, 4.69) is 21.0 Å². The van der Waals surface area contributed by atoms with E-state index < -0.39 is 5.97 Å². The Morgan fingerprint density at radius 3 is 2.68 bits per heavy atom. The zero-order valence-corrected chi connectivity index (χ0v) is 13.4. The van der Waals surface area contributed by atoms with E-state index in [9.17, 15) is 9.90 Å². The molecule has 0 saturated heterocycles. The van der Waals surface area contributed by atoms with Crippen LogP contribution in [0.1, 0.15) is 15.9 Å². The van der Waals surface area contributed by atoms with Gasteiger partial charge >= 0.3 is 5.97 Å². The molecule has 112 valence electrons. The number of hydrogen-bond donors (Lipinski definition) is 1. The van der Waals surface area contributed by atoms with Crippen LogP contribution in [-0.2, 0) is 6.54 Å². The molecule has 3 aromatic rings. The van der Waals surface area contributed by atoms with Crippen molar-refractivity contribution in [3.8, 4) is 5.75 Å². The maximum atomic E-state index is 11.3. The molecule has 2 aromatic carbocycles. The first-order chi connectivity index (χ1) is 10.6. The molecule has 1 N–H and O–H groups in total. The van der Waals surface area contributed by atoms with Crippen LogP contribution in [0.15, 0.2) is 47.1 Å². The molecule has 0 spiro atoms. The van der Waals surface area contributed by atoms with E-state index in [0.29, 0.717) is 12.1 Å². The second-order valence-corrected chi connectivity index (χ2v) is 5.79. The minimum absolute atomic E-state index is 0.192. The molecule has 0 atom stereocenters. The molecule has 0 fully saturated rings. The number of fused-ring (bicyclic) bond motifs is 1. The molecule has 0 radical (unpaired) electrons. The van der Waals surface area contributed by atoms with Crippen LogP contribution in [0, 0.1) is 0 Å².